The number of carbonyl (C=O) groups is 3. The van der Waals surface area contributed by atoms with Crippen molar-refractivity contribution in [3.8, 4) is 0 Å². The molecule has 3 N–H and O–H groups in total. The predicted octanol–water partition coefficient (Wildman–Crippen LogP) is 0.297. The molecule has 1 aliphatic heterocycles. The Bertz CT molecular complexity index is 600. The van der Waals surface area contributed by atoms with Crippen LogP contribution in [0.1, 0.15) is 23.7 Å². The van der Waals surface area contributed by atoms with Gasteiger partial charge in [-0.05, 0) is 18.6 Å². The number of methoxy groups -OCH3 is 1. The number of rotatable bonds is 3. The molecule has 1 unspecified atom stereocenters. The lowest BCUT2D eigenvalue weighted by Crippen LogP contribution is -2.58. The molecule has 0 aromatic heterocycles. The van der Waals surface area contributed by atoms with E-state index in [1.807, 2.05) is 6.92 Å². The molecule has 0 aliphatic carbocycles. The number of carbonyl (C=O) groups excluding carboxylic acids is 3. The first-order valence-electron chi connectivity index (χ1n) is 6.56. The number of nitrogens with one attached hydrogen (secondary N) is 1. The molecule has 7 nitrogen and oxygen atoms in total. The average Bonchev–Trinajstić information content (AvgIpc) is 2.45. The molecule has 2 amide bonds. The van der Waals surface area contributed by atoms with Crippen LogP contribution in [0.3, 0.4) is 0 Å². The molecule has 21 heavy (non-hydrogen) atoms. The first-order chi connectivity index (χ1) is 9.99. The number of anilines is 2. The lowest BCUT2D eigenvalue weighted by Gasteiger charge is -2.36. The Kier molecular flexibility index (Phi) is 4.11. The van der Waals surface area contributed by atoms with Gasteiger partial charge in [-0.25, -0.2) is 4.79 Å². The van der Waals surface area contributed by atoms with Gasteiger partial charge in [0.05, 0.1) is 30.6 Å². The topological polar surface area (TPSA) is 102 Å². The number of nitrogens with two attached hydrogens (primary N) is 1. The summed E-state index contributed by atoms with van der Waals surface area (Å²) >= 11 is 0. The number of hydrogen-bond acceptors (Lipinski definition) is 6. The maximum Gasteiger partial charge on any atom is 0.340 e. The van der Waals surface area contributed by atoms with E-state index in [0.29, 0.717) is 17.8 Å². The second-order valence-electron chi connectivity index (χ2n) is 4.70. The van der Waals surface area contributed by atoms with E-state index in [9.17, 15) is 14.4 Å². The van der Waals surface area contributed by atoms with Crippen LogP contribution in [0.2, 0.25) is 0 Å². The molecule has 0 spiro atoms. The molecule has 1 aliphatic rings. The standard InChI is InChI=1S/C14H17N3O4/c1-3-10-13(19)16-11(18)7-17(10)12-8(14(20)21-2)5-4-6-9(12)15/h4-6,10H,3,7,15H2,1-2H3,(H,16,18,19). The van der Waals surface area contributed by atoms with Gasteiger partial charge in [-0.2, -0.15) is 0 Å². The van der Waals surface area contributed by atoms with Gasteiger partial charge in [0.1, 0.15) is 6.04 Å². The quantitative estimate of drug-likeness (QED) is 0.472. The summed E-state index contributed by atoms with van der Waals surface area (Å²) in [6.07, 6.45) is 0.480. The maximum absolute atomic E-state index is 12.0. The molecule has 0 bridgehead atoms. The van der Waals surface area contributed by atoms with E-state index in [-0.39, 0.29) is 12.1 Å². The van der Waals surface area contributed by atoms with Crippen molar-refractivity contribution in [2.75, 3.05) is 24.3 Å². The zero-order chi connectivity index (χ0) is 15.6. The molecule has 7 heteroatoms. The van der Waals surface area contributed by atoms with E-state index < -0.39 is 23.8 Å². The first-order valence-corrected chi connectivity index (χ1v) is 6.56. The van der Waals surface area contributed by atoms with E-state index in [4.69, 9.17) is 10.5 Å². The molecule has 1 aromatic carbocycles. The Morgan fingerprint density at radius 2 is 2.19 bits per heavy atom. The highest BCUT2D eigenvalue weighted by atomic mass is 16.5. The van der Waals surface area contributed by atoms with Gasteiger partial charge in [0, 0.05) is 0 Å². The summed E-state index contributed by atoms with van der Waals surface area (Å²) in [6.45, 7) is 1.78. The lowest BCUT2D eigenvalue weighted by atomic mass is 10.0. The molecule has 2 rings (SSSR count). The second-order valence-corrected chi connectivity index (χ2v) is 4.70. The van der Waals surface area contributed by atoms with E-state index in [1.165, 1.54) is 7.11 Å². The van der Waals surface area contributed by atoms with E-state index in [1.54, 1.807) is 23.1 Å². The highest BCUT2D eigenvalue weighted by Gasteiger charge is 2.35. The van der Waals surface area contributed by atoms with Crippen molar-refractivity contribution in [2.45, 2.75) is 19.4 Å². The Balaban J connectivity index is 2.55. The van der Waals surface area contributed by atoms with Crippen LogP contribution >= 0.6 is 0 Å². The number of esters is 1. The van der Waals surface area contributed by atoms with Gasteiger partial charge in [-0.3, -0.25) is 14.9 Å². The Labute approximate surface area is 122 Å². The van der Waals surface area contributed by atoms with Crippen molar-refractivity contribution in [1.29, 1.82) is 0 Å². The Morgan fingerprint density at radius 1 is 1.48 bits per heavy atom. The van der Waals surface area contributed by atoms with Crippen molar-refractivity contribution in [2.24, 2.45) is 0 Å². The molecule has 1 fully saturated rings. The third-order valence-electron chi connectivity index (χ3n) is 3.40. The van der Waals surface area contributed by atoms with E-state index >= 15 is 0 Å². The highest BCUT2D eigenvalue weighted by Crippen LogP contribution is 2.31. The molecular weight excluding hydrogens is 274 g/mol. The molecule has 112 valence electrons. The number of ether oxygens (including phenoxy) is 1. The van der Waals surface area contributed by atoms with Gasteiger partial charge in [-0.1, -0.05) is 13.0 Å². The van der Waals surface area contributed by atoms with Crippen LogP contribution in [0.15, 0.2) is 18.2 Å². The molecule has 1 saturated heterocycles. The number of para-hydroxylation sites is 1. The summed E-state index contributed by atoms with van der Waals surface area (Å²) in [5, 5.41) is 2.29. The summed E-state index contributed by atoms with van der Waals surface area (Å²) in [5.41, 5.74) is 6.87. The van der Waals surface area contributed by atoms with Crippen molar-refractivity contribution >= 4 is 29.2 Å². The van der Waals surface area contributed by atoms with Gasteiger partial charge in [-0.15, -0.1) is 0 Å². The maximum atomic E-state index is 12.0. The molecule has 1 aromatic rings. The summed E-state index contributed by atoms with van der Waals surface area (Å²) < 4.78 is 4.74. The van der Waals surface area contributed by atoms with E-state index in [2.05, 4.69) is 5.32 Å². The normalized spacial score (nSPS) is 18.4. The summed E-state index contributed by atoms with van der Waals surface area (Å²) in [6, 6.07) is 4.24. The van der Waals surface area contributed by atoms with Crippen LogP contribution in [-0.4, -0.2) is 37.5 Å². The minimum Gasteiger partial charge on any atom is -0.465 e. The number of piperazine rings is 1. The zero-order valence-electron chi connectivity index (χ0n) is 11.9. The lowest BCUT2D eigenvalue weighted by molar-refractivity contribution is -0.132. The molecule has 1 atom stereocenters. The largest absolute Gasteiger partial charge is 0.465 e. The van der Waals surface area contributed by atoms with Crippen LogP contribution in [0.5, 0.6) is 0 Å². The van der Waals surface area contributed by atoms with Gasteiger partial charge >= 0.3 is 5.97 Å². The van der Waals surface area contributed by atoms with Crippen LogP contribution < -0.4 is 16.0 Å². The number of imide groups is 1. The van der Waals surface area contributed by atoms with E-state index in [0.717, 1.165) is 0 Å². The number of nitrogens with zero attached hydrogens (tertiary/aromatic N) is 1. The number of benzene rings is 1. The zero-order valence-corrected chi connectivity index (χ0v) is 11.9. The minimum atomic E-state index is -0.564. The van der Waals surface area contributed by atoms with Gasteiger partial charge in [0.15, 0.2) is 0 Å². The first kappa shape index (κ1) is 14.8. The summed E-state index contributed by atoms with van der Waals surface area (Å²) in [5.74, 6) is -1.39. The third-order valence-corrected chi connectivity index (χ3v) is 3.40. The van der Waals surface area contributed by atoms with Gasteiger partial charge in [0.25, 0.3) is 0 Å². The molecule has 0 saturated carbocycles. The fraction of sp³-hybridized carbons (Fsp3) is 0.357. The van der Waals surface area contributed by atoms with Crippen LogP contribution in [0.4, 0.5) is 11.4 Å². The molecular formula is C14H17N3O4. The van der Waals surface area contributed by atoms with Crippen molar-refractivity contribution in [3.05, 3.63) is 23.8 Å². The molecule has 1 heterocycles. The Hall–Kier alpha value is -2.57. The van der Waals surface area contributed by atoms with Crippen LogP contribution in [-0.2, 0) is 14.3 Å². The van der Waals surface area contributed by atoms with Crippen LogP contribution in [0, 0.1) is 0 Å². The fourth-order valence-electron chi connectivity index (χ4n) is 2.46. The van der Waals surface area contributed by atoms with Crippen molar-refractivity contribution in [1.82, 2.24) is 5.32 Å². The Morgan fingerprint density at radius 3 is 2.81 bits per heavy atom. The minimum absolute atomic E-state index is 0.0392. The monoisotopic (exact) mass is 291 g/mol. The van der Waals surface area contributed by atoms with Crippen molar-refractivity contribution < 1.29 is 19.1 Å². The highest BCUT2D eigenvalue weighted by molar-refractivity contribution is 6.07. The average molecular weight is 291 g/mol. The number of amides is 2. The summed E-state index contributed by atoms with van der Waals surface area (Å²) in [7, 11) is 1.26. The third kappa shape index (κ3) is 2.67. The fourth-order valence-corrected chi connectivity index (χ4v) is 2.46. The van der Waals surface area contributed by atoms with Gasteiger partial charge < -0.3 is 15.4 Å². The predicted molar refractivity (Wildman–Crippen MR) is 76.8 cm³/mol. The number of nitrogen functional groups attached to an aromatic ring is 1. The van der Waals surface area contributed by atoms with Gasteiger partial charge in [0.2, 0.25) is 11.8 Å². The summed E-state index contributed by atoms with van der Waals surface area (Å²) in [4.78, 5) is 37.1. The second kappa shape index (κ2) is 5.82. The van der Waals surface area contributed by atoms with Crippen LogP contribution in [0.25, 0.3) is 0 Å². The molecule has 0 radical (unpaired) electrons. The van der Waals surface area contributed by atoms with Crippen molar-refractivity contribution in [3.63, 3.8) is 0 Å². The smallest absolute Gasteiger partial charge is 0.340 e. The number of hydrogen-bond donors (Lipinski definition) is 2. The SMILES string of the molecule is CCC1C(=O)NC(=O)CN1c1c(N)cccc1C(=O)OC.